The van der Waals surface area contributed by atoms with Gasteiger partial charge >= 0.3 is 0 Å². The lowest BCUT2D eigenvalue weighted by atomic mass is 10.2. The molecule has 1 heterocycles. The van der Waals surface area contributed by atoms with Crippen LogP contribution in [0, 0.1) is 0 Å². The van der Waals surface area contributed by atoms with Gasteiger partial charge in [-0.25, -0.2) is 0 Å². The zero-order valence-corrected chi connectivity index (χ0v) is 7.76. The van der Waals surface area contributed by atoms with Crippen LogP contribution in [0.15, 0.2) is 0 Å². The lowest BCUT2D eigenvalue weighted by Gasteiger charge is -2.06. The summed E-state index contributed by atoms with van der Waals surface area (Å²) in [4.78, 5) is 8.81. The van der Waals surface area contributed by atoms with Gasteiger partial charge in [-0.05, 0) is 33.1 Å². The molecule has 2 unspecified atom stereocenters. The van der Waals surface area contributed by atoms with Gasteiger partial charge in [0.25, 0.3) is 0 Å². The molecule has 1 N–H and O–H groups in total. The molecule has 0 radical (unpaired) electrons. The fourth-order valence-corrected chi connectivity index (χ4v) is 1.34. The van der Waals surface area contributed by atoms with Crippen LogP contribution in [-0.2, 0) is 4.79 Å². The van der Waals surface area contributed by atoms with Gasteiger partial charge < -0.3 is 10.1 Å². The maximum atomic E-state index is 8.81. The number of carbonyl (C=O) groups is 1. The van der Waals surface area contributed by atoms with Crippen LogP contribution >= 0.6 is 0 Å². The van der Waals surface area contributed by atoms with E-state index in [1.54, 1.807) is 0 Å². The third-order valence-electron chi connectivity index (χ3n) is 1.96. The molecule has 1 fully saturated rings. The van der Waals surface area contributed by atoms with Crippen molar-refractivity contribution in [2.45, 2.75) is 52.1 Å². The molecule has 0 aromatic rings. The first kappa shape index (κ1) is 10.6. The van der Waals surface area contributed by atoms with Crippen molar-refractivity contribution in [3.8, 4) is 0 Å². The fourth-order valence-electron chi connectivity index (χ4n) is 1.34. The average molecular weight is 157 g/mol. The summed E-state index contributed by atoms with van der Waals surface area (Å²) in [6.07, 6.45) is 4.81. The van der Waals surface area contributed by atoms with Gasteiger partial charge in [0.15, 0.2) is 0 Å². The Labute approximate surface area is 69.4 Å². The van der Waals surface area contributed by atoms with Gasteiger partial charge in [0.1, 0.15) is 6.29 Å². The minimum atomic E-state index is 0.750. The summed E-state index contributed by atoms with van der Waals surface area (Å²) < 4.78 is 0. The van der Waals surface area contributed by atoms with Crippen LogP contribution in [0.2, 0.25) is 0 Å². The maximum absolute atomic E-state index is 8.81. The van der Waals surface area contributed by atoms with Crippen molar-refractivity contribution >= 4 is 6.29 Å². The quantitative estimate of drug-likeness (QED) is 0.587. The Hall–Kier alpha value is -0.370. The molecule has 0 aromatic carbocycles. The molecule has 2 nitrogen and oxygen atoms in total. The number of carbonyl (C=O) groups excluding carboxylic acids is 1. The molecule has 0 saturated carbocycles. The monoisotopic (exact) mass is 157 g/mol. The summed E-state index contributed by atoms with van der Waals surface area (Å²) in [5, 5.41) is 3.50. The number of hydrogen-bond donors (Lipinski definition) is 1. The Kier molecular flexibility index (Phi) is 6.13. The topological polar surface area (TPSA) is 29.1 Å². The van der Waals surface area contributed by atoms with E-state index < -0.39 is 0 Å². The van der Waals surface area contributed by atoms with Gasteiger partial charge in [-0.15, -0.1) is 0 Å². The van der Waals surface area contributed by atoms with Gasteiger partial charge in [-0.2, -0.15) is 0 Å². The summed E-state index contributed by atoms with van der Waals surface area (Å²) in [5.74, 6) is 0. The SMILES string of the molecule is CC=O.CCC1CCC(C)N1. The van der Waals surface area contributed by atoms with Crippen molar-refractivity contribution in [2.75, 3.05) is 0 Å². The molecule has 2 atom stereocenters. The standard InChI is InChI=1S/C7H15N.C2H4O/c1-3-7-5-4-6(2)8-7;1-2-3/h6-8H,3-5H2,1-2H3;2H,1H3. The van der Waals surface area contributed by atoms with E-state index in [1.165, 1.54) is 26.2 Å². The Bertz CT molecular complexity index is 104. The minimum Gasteiger partial charge on any atom is -0.312 e. The van der Waals surface area contributed by atoms with Crippen molar-refractivity contribution in [1.29, 1.82) is 0 Å². The van der Waals surface area contributed by atoms with Crippen molar-refractivity contribution in [1.82, 2.24) is 5.32 Å². The number of aldehydes is 1. The molecule has 0 bridgehead atoms. The first-order chi connectivity index (χ1) is 5.24. The maximum Gasteiger partial charge on any atom is 0.116 e. The predicted molar refractivity (Wildman–Crippen MR) is 47.6 cm³/mol. The number of nitrogens with one attached hydrogen (secondary N) is 1. The third-order valence-corrected chi connectivity index (χ3v) is 1.96. The van der Waals surface area contributed by atoms with E-state index in [0.29, 0.717) is 0 Å². The van der Waals surface area contributed by atoms with Gasteiger partial charge in [0.05, 0.1) is 0 Å². The minimum absolute atomic E-state index is 0.750. The highest BCUT2D eigenvalue weighted by molar-refractivity contribution is 5.44. The molecule has 1 aliphatic rings. The molecule has 1 aliphatic heterocycles. The van der Waals surface area contributed by atoms with E-state index in [4.69, 9.17) is 4.79 Å². The van der Waals surface area contributed by atoms with E-state index in [0.717, 1.165) is 18.4 Å². The van der Waals surface area contributed by atoms with Crippen LogP contribution in [0.4, 0.5) is 0 Å². The molecular weight excluding hydrogens is 138 g/mol. The fraction of sp³-hybridized carbons (Fsp3) is 0.889. The molecular formula is C9H19NO. The van der Waals surface area contributed by atoms with Gasteiger partial charge in [0.2, 0.25) is 0 Å². The molecule has 0 aliphatic carbocycles. The molecule has 0 spiro atoms. The number of rotatable bonds is 1. The van der Waals surface area contributed by atoms with Crippen LogP contribution in [0.3, 0.4) is 0 Å². The van der Waals surface area contributed by atoms with Crippen LogP contribution in [0.5, 0.6) is 0 Å². The smallest absolute Gasteiger partial charge is 0.116 e. The normalized spacial score (nSPS) is 29.0. The van der Waals surface area contributed by atoms with Gasteiger partial charge in [-0.1, -0.05) is 6.92 Å². The summed E-state index contributed by atoms with van der Waals surface area (Å²) in [6.45, 7) is 5.95. The lowest BCUT2D eigenvalue weighted by molar-refractivity contribution is -0.106. The Morgan fingerprint density at radius 1 is 1.55 bits per heavy atom. The largest absolute Gasteiger partial charge is 0.312 e. The van der Waals surface area contributed by atoms with E-state index in [2.05, 4.69) is 19.2 Å². The highest BCUT2D eigenvalue weighted by Gasteiger charge is 2.17. The van der Waals surface area contributed by atoms with Crippen LogP contribution < -0.4 is 5.32 Å². The first-order valence-electron chi connectivity index (χ1n) is 4.40. The van der Waals surface area contributed by atoms with Crippen molar-refractivity contribution in [3.63, 3.8) is 0 Å². The summed E-state index contributed by atoms with van der Waals surface area (Å²) in [6, 6.07) is 1.60. The molecule has 66 valence electrons. The van der Waals surface area contributed by atoms with E-state index in [9.17, 15) is 0 Å². The van der Waals surface area contributed by atoms with Gasteiger partial charge in [0, 0.05) is 12.1 Å². The molecule has 2 heteroatoms. The van der Waals surface area contributed by atoms with E-state index in [-0.39, 0.29) is 0 Å². The van der Waals surface area contributed by atoms with E-state index >= 15 is 0 Å². The first-order valence-corrected chi connectivity index (χ1v) is 4.40. The third kappa shape index (κ3) is 4.96. The van der Waals surface area contributed by atoms with Crippen molar-refractivity contribution in [3.05, 3.63) is 0 Å². The molecule has 1 saturated heterocycles. The molecule has 11 heavy (non-hydrogen) atoms. The zero-order valence-electron chi connectivity index (χ0n) is 7.76. The second kappa shape index (κ2) is 6.35. The van der Waals surface area contributed by atoms with Gasteiger partial charge in [-0.3, -0.25) is 0 Å². The number of hydrogen-bond acceptors (Lipinski definition) is 2. The summed E-state index contributed by atoms with van der Waals surface area (Å²) in [7, 11) is 0. The summed E-state index contributed by atoms with van der Waals surface area (Å²) >= 11 is 0. The predicted octanol–water partition coefficient (Wildman–Crippen LogP) is 1.74. The average Bonchev–Trinajstić information content (AvgIpc) is 2.37. The Morgan fingerprint density at radius 2 is 2.09 bits per heavy atom. The molecule has 0 amide bonds. The Balaban J connectivity index is 0.000000292. The van der Waals surface area contributed by atoms with Crippen LogP contribution in [0.25, 0.3) is 0 Å². The van der Waals surface area contributed by atoms with Crippen LogP contribution in [-0.4, -0.2) is 18.4 Å². The molecule has 1 rings (SSSR count). The second-order valence-electron chi connectivity index (χ2n) is 2.99. The Morgan fingerprint density at radius 3 is 2.27 bits per heavy atom. The van der Waals surface area contributed by atoms with Crippen molar-refractivity contribution < 1.29 is 4.79 Å². The highest BCUT2D eigenvalue weighted by atomic mass is 16.1. The van der Waals surface area contributed by atoms with E-state index in [1.807, 2.05) is 0 Å². The highest BCUT2D eigenvalue weighted by Crippen LogP contribution is 2.13. The van der Waals surface area contributed by atoms with Crippen molar-refractivity contribution in [2.24, 2.45) is 0 Å². The van der Waals surface area contributed by atoms with Crippen LogP contribution in [0.1, 0.15) is 40.0 Å². The zero-order chi connectivity index (χ0) is 8.69. The second-order valence-corrected chi connectivity index (χ2v) is 2.99. The molecule has 0 aromatic heterocycles. The lowest BCUT2D eigenvalue weighted by Crippen LogP contribution is -2.25. The summed E-state index contributed by atoms with van der Waals surface area (Å²) in [5.41, 5.74) is 0.